The molecule has 1 aromatic heterocycles. The van der Waals surface area contributed by atoms with Crippen LogP contribution in [0.4, 0.5) is 10.1 Å². The molecular weight excluding hydrogens is 307 g/mol. The molecule has 21 heavy (non-hydrogen) atoms. The molecule has 5 heteroatoms. The minimum absolute atomic E-state index is 0.170. The van der Waals surface area contributed by atoms with Gasteiger partial charge in [-0.25, -0.2) is 4.39 Å². The fourth-order valence-corrected chi connectivity index (χ4v) is 3.28. The van der Waals surface area contributed by atoms with Gasteiger partial charge in [0.25, 0.3) is 0 Å². The first-order valence-electron chi connectivity index (χ1n) is 6.93. The van der Waals surface area contributed by atoms with Crippen molar-refractivity contribution in [1.29, 1.82) is 0 Å². The average molecular weight is 327 g/mol. The van der Waals surface area contributed by atoms with E-state index in [2.05, 4.69) is 24.1 Å². The maximum atomic E-state index is 14.1. The van der Waals surface area contributed by atoms with Gasteiger partial charge in [-0.05, 0) is 24.3 Å². The summed E-state index contributed by atoms with van der Waals surface area (Å²) in [4.78, 5) is 3.22. The minimum Gasteiger partial charge on any atom is -0.369 e. The van der Waals surface area contributed by atoms with E-state index in [1.54, 1.807) is 17.4 Å². The Kier molecular flexibility index (Phi) is 5.62. The summed E-state index contributed by atoms with van der Waals surface area (Å²) in [5.41, 5.74) is 1.61. The van der Waals surface area contributed by atoms with E-state index >= 15 is 0 Å². The van der Waals surface area contributed by atoms with Crippen LogP contribution in [0.5, 0.6) is 0 Å². The van der Waals surface area contributed by atoms with Crippen LogP contribution >= 0.6 is 22.9 Å². The van der Waals surface area contributed by atoms with Crippen molar-refractivity contribution in [3.8, 4) is 0 Å². The van der Waals surface area contributed by atoms with Crippen LogP contribution in [0.25, 0.3) is 0 Å². The summed E-state index contributed by atoms with van der Waals surface area (Å²) in [6, 6.07) is 9.43. The number of nitrogens with zero attached hydrogens (tertiary/aromatic N) is 1. The molecule has 0 bridgehead atoms. The highest BCUT2D eigenvalue weighted by Gasteiger charge is 2.13. The molecule has 1 heterocycles. The first-order valence-corrected chi connectivity index (χ1v) is 8.13. The van der Waals surface area contributed by atoms with Gasteiger partial charge in [-0.1, -0.05) is 31.5 Å². The van der Waals surface area contributed by atoms with Crippen molar-refractivity contribution in [2.24, 2.45) is 0 Å². The zero-order valence-corrected chi connectivity index (χ0v) is 14.1. The van der Waals surface area contributed by atoms with E-state index in [0.717, 1.165) is 21.4 Å². The third-order valence-electron chi connectivity index (χ3n) is 3.21. The van der Waals surface area contributed by atoms with Gasteiger partial charge in [0.15, 0.2) is 0 Å². The summed E-state index contributed by atoms with van der Waals surface area (Å²) in [6.45, 7) is 5.35. The standard InChI is InChI=1S/C16H20ClFN2S/c1-11(2)19-9-13-14(18)5-4-6-15(13)20(3)10-12-7-8-16(17)21-12/h4-8,11,19H,9-10H2,1-3H3. The molecule has 0 aliphatic carbocycles. The average Bonchev–Trinajstić information content (AvgIpc) is 2.82. The van der Waals surface area contributed by atoms with Crippen LogP contribution in [0.1, 0.15) is 24.3 Å². The van der Waals surface area contributed by atoms with E-state index in [1.165, 1.54) is 6.07 Å². The Hall–Kier alpha value is -1.10. The fourth-order valence-electron chi connectivity index (χ4n) is 2.14. The zero-order valence-electron chi connectivity index (χ0n) is 12.5. The number of anilines is 1. The molecule has 0 aliphatic heterocycles. The molecule has 0 radical (unpaired) electrons. The van der Waals surface area contributed by atoms with Gasteiger partial charge in [0.05, 0.1) is 10.9 Å². The lowest BCUT2D eigenvalue weighted by atomic mass is 10.1. The molecule has 0 saturated heterocycles. The second kappa shape index (κ2) is 7.25. The largest absolute Gasteiger partial charge is 0.369 e. The first kappa shape index (κ1) is 16.3. The van der Waals surface area contributed by atoms with Crippen LogP contribution in [0.2, 0.25) is 4.34 Å². The van der Waals surface area contributed by atoms with E-state index in [0.29, 0.717) is 18.2 Å². The van der Waals surface area contributed by atoms with Gasteiger partial charge in [-0.3, -0.25) is 0 Å². The number of benzene rings is 1. The highest BCUT2D eigenvalue weighted by atomic mass is 35.5. The second-order valence-corrected chi connectivity index (χ2v) is 7.13. The van der Waals surface area contributed by atoms with E-state index in [4.69, 9.17) is 11.6 Å². The van der Waals surface area contributed by atoms with Crippen molar-refractivity contribution in [2.75, 3.05) is 11.9 Å². The predicted molar refractivity (Wildman–Crippen MR) is 89.8 cm³/mol. The van der Waals surface area contributed by atoms with Crippen LogP contribution in [0.15, 0.2) is 30.3 Å². The predicted octanol–water partition coefficient (Wildman–Crippen LogP) is 4.68. The van der Waals surface area contributed by atoms with Gasteiger partial charge in [0.2, 0.25) is 0 Å². The van der Waals surface area contributed by atoms with Crippen LogP contribution in [0, 0.1) is 5.82 Å². The van der Waals surface area contributed by atoms with Crippen molar-refractivity contribution in [3.63, 3.8) is 0 Å². The molecule has 1 aromatic carbocycles. The van der Waals surface area contributed by atoms with Gasteiger partial charge >= 0.3 is 0 Å². The fraction of sp³-hybridized carbons (Fsp3) is 0.375. The summed E-state index contributed by atoms with van der Waals surface area (Å²) in [6.07, 6.45) is 0. The normalized spacial score (nSPS) is 11.1. The molecule has 0 atom stereocenters. The third kappa shape index (κ3) is 4.43. The van der Waals surface area contributed by atoms with Gasteiger partial charge in [-0.2, -0.15) is 0 Å². The van der Waals surface area contributed by atoms with Crippen molar-refractivity contribution in [2.45, 2.75) is 33.0 Å². The molecule has 2 rings (SSSR count). The van der Waals surface area contributed by atoms with Crippen LogP contribution in [0.3, 0.4) is 0 Å². The molecule has 0 fully saturated rings. The van der Waals surface area contributed by atoms with Crippen molar-refractivity contribution < 1.29 is 4.39 Å². The van der Waals surface area contributed by atoms with Crippen molar-refractivity contribution >= 4 is 28.6 Å². The molecule has 0 aliphatic rings. The van der Waals surface area contributed by atoms with Gasteiger partial charge in [-0.15, -0.1) is 11.3 Å². The highest BCUT2D eigenvalue weighted by molar-refractivity contribution is 7.16. The van der Waals surface area contributed by atoms with Crippen molar-refractivity contribution in [1.82, 2.24) is 5.32 Å². The van der Waals surface area contributed by atoms with E-state index in [-0.39, 0.29) is 5.82 Å². The summed E-state index contributed by atoms with van der Waals surface area (Å²) in [7, 11) is 1.97. The second-order valence-electron chi connectivity index (χ2n) is 5.33. The summed E-state index contributed by atoms with van der Waals surface area (Å²) < 4.78 is 14.9. The Labute approximate surface area is 134 Å². The van der Waals surface area contributed by atoms with Gasteiger partial charge < -0.3 is 10.2 Å². The number of thiophene rings is 1. The quantitative estimate of drug-likeness (QED) is 0.829. The highest BCUT2D eigenvalue weighted by Crippen LogP contribution is 2.27. The number of hydrogen-bond donors (Lipinski definition) is 1. The third-order valence-corrected chi connectivity index (χ3v) is 4.43. The topological polar surface area (TPSA) is 15.3 Å². The first-order chi connectivity index (χ1) is 9.97. The molecule has 0 spiro atoms. The van der Waals surface area contributed by atoms with Gasteiger partial charge in [0, 0.05) is 35.8 Å². The lowest BCUT2D eigenvalue weighted by Gasteiger charge is -2.23. The van der Waals surface area contributed by atoms with E-state index < -0.39 is 0 Å². The molecule has 2 aromatic rings. The molecule has 0 saturated carbocycles. The lowest BCUT2D eigenvalue weighted by Crippen LogP contribution is -2.25. The number of rotatable bonds is 6. The van der Waals surface area contributed by atoms with E-state index in [1.807, 2.05) is 25.2 Å². The Morgan fingerprint density at radius 3 is 2.67 bits per heavy atom. The summed E-state index contributed by atoms with van der Waals surface area (Å²) >= 11 is 7.51. The number of halogens is 2. The van der Waals surface area contributed by atoms with Crippen LogP contribution in [-0.4, -0.2) is 13.1 Å². The number of hydrogen-bond acceptors (Lipinski definition) is 3. The smallest absolute Gasteiger partial charge is 0.129 e. The Morgan fingerprint density at radius 2 is 2.05 bits per heavy atom. The molecule has 1 N–H and O–H groups in total. The molecule has 114 valence electrons. The Balaban J connectivity index is 2.19. The molecule has 0 amide bonds. The maximum Gasteiger partial charge on any atom is 0.129 e. The summed E-state index contributed by atoms with van der Waals surface area (Å²) in [5.74, 6) is -0.170. The SMILES string of the molecule is CC(C)NCc1c(F)cccc1N(C)Cc1ccc(Cl)s1. The maximum absolute atomic E-state index is 14.1. The minimum atomic E-state index is -0.170. The van der Waals surface area contributed by atoms with Crippen molar-refractivity contribution in [3.05, 3.63) is 50.9 Å². The molecule has 0 unspecified atom stereocenters. The summed E-state index contributed by atoms with van der Waals surface area (Å²) in [5, 5.41) is 3.28. The molecule has 2 nitrogen and oxygen atoms in total. The van der Waals surface area contributed by atoms with Crippen LogP contribution < -0.4 is 10.2 Å². The Bertz CT molecular complexity index is 598. The van der Waals surface area contributed by atoms with Crippen LogP contribution in [-0.2, 0) is 13.1 Å². The Morgan fingerprint density at radius 1 is 1.29 bits per heavy atom. The lowest BCUT2D eigenvalue weighted by molar-refractivity contribution is 0.552. The monoisotopic (exact) mass is 326 g/mol. The number of nitrogens with one attached hydrogen (secondary N) is 1. The zero-order chi connectivity index (χ0) is 15.4. The van der Waals surface area contributed by atoms with E-state index in [9.17, 15) is 4.39 Å². The molecular formula is C16H20ClFN2S. The van der Waals surface area contributed by atoms with Gasteiger partial charge in [0.1, 0.15) is 5.82 Å².